The Kier molecular flexibility index (Phi) is 9.85. The Morgan fingerprint density at radius 3 is 1.75 bits per heavy atom. The molecular weight excluding hydrogens is 240 g/mol. The van der Waals surface area contributed by atoms with E-state index in [2.05, 4.69) is 48.5 Å². The summed E-state index contributed by atoms with van der Waals surface area (Å²) in [6.45, 7) is 17.0. The summed E-state index contributed by atoms with van der Waals surface area (Å²) in [7, 11) is 0. The van der Waals surface area contributed by atoms with E-state index in [-0.39, 0.29) is 0 Å². The summed E-state index contributed by atoms with van der Waals surface area (Å²) in [6, 6.07) is 0. The van der Waals surface area contributed by atoms with Gasteiger partial charge in [-0.3, -0.25) is 0 Å². The van der Waals surface area contributed by atoms with Crippen LogP contribution in [0.3, 0.4) is 0 Å². The van der Waals surface area contributed by atoms with Gasteiger partial charge >= 0.3 is 0 Å². The van der Waals surface area contributed by atoms with Crippen LogP contribution in [0, 0.1) is 16.7 Å². The average Bonchev–Trinajstić information content (AvgIpc) is 2.39. The van der Waals surface area contributed by atoms with Gasteiger partial charge in [0.25, 0.3) is 0 Å². The highest BCUT2D eigenvalue weighted by atomic mass is 14.4. The molecule has 0 aliphatic rings. The van der Waals surface area contributed by atoms with Gasteiger partial charge in [0.05, 0.1) is 0 Å². The number of rotatable bonds is 12. The first-order valence-corrected chi connectivity index (χ1v) is 9.27. The summed E-state index contributed by atoms with van der Waals surface area (Å²) in [6.07, 6.45) is 14.0. The highest BCUT2D eigenvalue weighted by molar-refractivity contribution is 4.81. The first-order chi connectivity index (χ1) is 9.27. The van der Waals surface area contributed by atoms with Gasteiger partial charge in [-0.25, -0.2) is 0 Å². The molecular formula is C20H42. The molecule has 0 saturated heterocycles. The van der Waals surface area contributed by atoms with E-state index in [1.807, 2.05) is 0 Å². The van der Waals surface area contributed by atoms with E-state index in [1.165, 1.54) is 64.2 Å². The summed E-state index contributed by atoms with van der Waals surface area (Å²) in [5.74, 6) is 0.811. The van der Waals surface area contributed by atoms with E-state index in [9.17, 15) is 0 Å². The number of hydrogen-bond acceptors (Lipinski definition) is 0. The lowest BCUT2D eigenvalue weighted by Crippen LogP contribution is -2.26. The summed E-state index contributed by atoms with van der Waals surface area (Å²) in [4.78, 5) is 0. The van der Waals surface area contributed by atoms with Crippen LogP contribution in [-0.4, -0.2) is 0 Å². The minimum Gasteiger partial charge on any atom is -0.0654 e. The molecule has 1 atom stereocenters. The molecule has 1 unspecified atom stereocenters. The van der Waals surface area contributed by atoms with Crippen molar-refractivity contribution < 1.29 is 0 Å². The van der Waals surface area contributed by atoms with E-state index >= 15 is 0 Å². The second kappa shape index (κ2) is 9.85. The molecule has 0 nitrogen and oxygen atoms in total. The van der Waals surface area contributed by atoms with Crippen LogP contribution in [-0.2, 0) is 0 Å². The zero-order valence-corrected chi connectivity index (χ0v) is 15.6. The van der Waals surface area contributed by atoms with Crippen LogP contribution < -0.4 is 0 Å². The van der Waals surface area contributed by atoms with Gasteiger partial charge in [-0.2, -0.15) is 0 Å². The van der Waals surface area contributed by atoms with Crippen molar-refractivity contribution in [3.05, 3.63) is 0 Å². The summed E-state index contributed by atoms with van der Waals surface area (Å²) >= 11 is 0. The van der Waals surface area contributed by atoms with E-state index in [1.54, 1.807) is 0 Å². The second-order valence-electron chi connectivity index (χ2n) is 8.39. The fourth-order valence-electron chi connectivity index (χ4n) is 3.06. The maximum Gasteiger partial charge on any atom is -0.0303 e. The smallest absolute Gasteiger partial charge is 0.0303 e. The predicted molar refractivity (Wildman–Crippen MR) is 94.2 cm³/mol. The van der Waals surface area contributed by atoms with Crippen LogP contribution in [0.15, 0.2) is 0 Å². The molecule has 0 saturated carbocycles. The summed E-state index contributed by atoms with van der Waals surface area (Å²) in [5.41, 5.74) is 1.09. The minimum atomic E-state index is 0.537. The van der Waals surface area contributed by atoms with Crippen LogP contribution in [0.2, 0.25) is 0 Å². The van der Waals surface area contributed by atoms with E-state index < -0.39 is 0 Å². The van der Waals surface area contributed by atoms with Gasteiger partial charge in [-0.05, 0) is 42.4 Å². The van der Waals surface area contributed by atoms with Crippen LogP contribution in [0.1, 0.15) is 113 Å². The maximum atomic E-state index is 2.54. The molecule has 0 N–H and O–H groups in total. The molecule has 0 aliphatic heterocycles. The van der Waals surface area contributed by atoms with Gasteiger partial charge in [-0.15, -0.1) is 0 Å². The molecule has 0 heteroatoms. The van der Waals surface area contributed by atoms with E-state index in [0.29, 0.717) is 10.8 Å². The van der Waals surface area contributed by atoms with Crippen LogP contribution in [0.25, 0.3) is 0 Å². The first-order valence-electron chi connectivity index (χ1n) is 9.27. The van der Waals surface area contributed by atoms with Crippen LogP contribution in [0.4, 0.5) is 0 Å². The van der Waals surface area contributed by atoms with Crippen molar-refractivity contribution in [2.24, 2.45) is 16.7 Å². The van der Waals surface area contributed by atoms with E-state index in [4.69, 9.17) is 0 Å². The Morgan fingerprint density at radius 1 is 0.650 bits per heavy atom. The molecule has 0 radical (unpaired) electrons. The Morgan fingerprint density at radius 2 is 1.25 bits per heavy atom. The molecule has 0 aromatic rings. The zero-order valence-electron chi connectivity index (χ0n) is 15.6. The third-order valence-electron chi connectivity index (χ3n) is 5.58. The first kappa shape index (κ1) is 20.0. The largest absolute Gasteiger partial charge is 0.0654 e. The molecule has 0 spiro atoms. The molecule has 0 aliphatic carbocycles. The predicted octanol–water partition coefficient (Wildman–Crippen LogP) is 7.62. The van der Waals surface area contributed by atoms with E-state index in [0.717, 1.165) is 5.92 Å². The monoisotopic (exact) mass is 282 g/mol. The SMILES string of the molecule is CCCCCCC(C)(CCC(C)(C)CCCC)C(C)C. The van der Waals surface area contributed by atoms with Gasteiger partial charge in [0.1, 0.15) is 0 Å². The molecule has 0 amide bonds. The third kappa shape index (κ3) is 8.32. The lowest BCUT2D eigenvalue weighted by molar-refractivity contribution is 0.137. The van der Waals surface area contributed by atoms with Gasteiger partial charge < -0.3 is 0 Å². The Bertz CT molecular complexity index is 226. The van der Waals surface area contributed by atoms with Crippen molar-refractivity contribution in [2.75, 3.05) is 0 Å². The minimum absolute atomic E-state index is 0.537. The molecule has 0 heterocycles. The van der Waals surface area contributed by atoms with Crippen LogP contribution >= 0.6 is 0 Å². The highest BCUT2D eigenvalue weighted by Gasteiger charge is 2.30. The molecule has 0 aromatic heterocycles. The fourth-order valence-corrected chi connectivity index (χ4v) is 3.06. The Hall–Kier alpha value is 0. The normalized spacial score (nSPS) is 15.6. The Balaban J connectivity index is 4.30. The third-order valence-corrected chi connectivity index (χ3v) is 5.58. The highest BCUT2D eigenvalue weighted by Crippen LogP contribution is 2.42. The molecule has 122 valence electrons. The van der Waals surface area contributed by atoms with Gasteiger partial charge in [0.2, 0.25) is 0 Å². The Labute approximate surface area is 130 Å². The standard InChI is InChI=1S/C20H42/c1-8-10-12-13-15-20(7,18(3)4)17-16-19(5,6)14-11-9-2/h18H,8-17H2,1-7H3. The van der Waals surface area contributed by atoms with Crippen molar-refractivity contribution in [1.29, 1.82) is 0 Å². The number of hydrogen-bond donors (Lipinski definition) is 0. The average molecular weight is 283 g/mol. The van der Waals surface area contributed by atoms with Gasteiger partial charge in [0, 0.05) is 0 Å². The lowest BCUT2D eigenvalue weighted by atomic mass is 9.68. The second-order valence-corrected chi connectivity index (χ2v) is 8.39. The van der Waals surface area contributed by atoms with Crippen molar-refractivity contribution in [3.63, 3.8) is 0 Å². The zero-order chi connectivity index (χ0) is 15.6. The summed E-state index contributed by atoms with van der Waals surface area (Å²) < 4.78 is 0. The quantitative estimate of drug-likeness (QED) is 0.323. The van der Waals surface area contributed by atoms with Crippen LogP contribution in [0.5, 0.6) is 0 Å². The molecule has 20 heavy (non-hydrogen) atoms. The fraction of sp³-hybridized carbons (Fsp3) is 1.00. The summed E-state index contributed by atoms with van der Waals surface area (Å²) in [5, 5.41) is 0. The van der Waals surface area contributed by atoms with Gasteiger partial charge in [0.15, 0.2) is 0 Å². The number of unbranched alkanes of at least 4 members (excludes halogenated alkanes) is 4. The van der Waals surface area contributed by atoms with Crippen molar-refractivity contribution in [2.45, 2.75) is 113 Å². The molecule has 0 bridgehead atoms. The van der Waals surface area contributed by atoms with Crippen molar-refractivity contribution in [1.82, 2.24) is 0 Å². The molecule has 0 fully saturated rings. The van der Waals surface area contributed by atoms with Crippen molar-refractivity contribution >= 4 is 0 Å². The maximum absolute atomic E-state index is 2.54. The van der Waals surface area contributed by atoms with Crippen molar-refractivity contribution in [3.8, 4) is 0 Å². The lowest BCUT2D eigenvalue weighted by Gasteiger charge is -2.37. The van der Waals surface area contributed by atoms with Gasteiger partial charge in [-0.1, -0.05) is 87.0 Å². The topological polar surface area (TPSA) is 0 Å². The molecule has 0 rings (SSSR count). The molecule has 0 aromatic carbocycles.